The molecule has 6 heteroatoms. The Morgan fingerprint density at radius 3 is 0.969 bits per heavy atom. The summed E-state index contributed by atoms with van der Waals surface area (Å²) >= 11 is 0. The van der Waals surface area contributed by atoms with Gasteiger partial charge in [-0.1, -0.05) is 221 Å². The minimum absolute atomic E-state index is 0.0924. The lowest BCUT2D eigenvalue weighted by atomic mass is 10.0. The van der Waals surface area contributed by atoms with Crippen LogP contribution in [0.2, 0.25) is 0 Å². The Balaban J connectivity index is 4.42. The zero-order valence-corrected chi connectivity index (χ0v) is 41.8. The molecule has 0 aromatic carbocycles. The fourth-order valence-electron chi connectivity index (χ4n) is 7.21. The number of rotatable bonds is 47. The summed E-state index contributed by atoms with van der Waals surface area (Å²) in [4.78, 5) is 38.0. The van der Waals surface area contributed by atoms with E-state index < -0.39 is 6.10 Å². The van der Waals surface area contributed by atoms with Gasteiger partial charge in [-0.25, -0.2) is 0 Å². The number of carbonyl (C=O) groups excluding carboxylic acids is 3. The average Bonchev–Trinajstić information content (AvgIpc) is 3.29. The van der Waals surface area contributed by atoms with Crippen molar-refractivity contribution in [3.63, 3.8) is 0 Å². The molecule has 0 aliphatic rings. The van der Waals surface area contributed by atoms with Gasteiger partial charge in [0, 0.05) is 19.3 Å². The Labute approximate surface area is 395 Å². The van der Waals surface area contributed by atoms with E-state index in [1.54, 1.807) is 0 Å². The average molecular weight is 891 g/mol. The number of hydrogen-bond acceptors (Lipinski definition) is 6. The molecule has 0 aliphatic carbocycles. The third-order valence-corrected chi connectivity index (χ3v) is 11.1. The topological polar surface area (TPSA) is 78.9 Å². The van der Waals surface area contributed by atoms with Crippen LogP contribution in [-0.2, 0) is 28.6 Å². The lowest BCUT2D eigenvalue weighted by molar-refractivity contribution is -0.167. The summed E-state index contributed by atoms with van der Waals surface area (Å²) in [7, 11) is 0. The summed E-state index contributed by atoms with van der Waals surface area (Å²) in [6.07, 6.45) is 67.1. The fourth-order valence-corrected chi connectivity index (χ4v) is 7.21. The van der Waals surface area contributed by atoms with Crippen LogP contribution >= 0.6 is 0 Å². The lowest BCUT2D eigenvalue weighted by Gasteiger charge is -2.18. The Morgan fingerprint density at radius 2 is 0.609 bits per heavy atom. The zero-order valence-electron chi connectivity index (χ0n) is 41.8. The number of hydrogen-bond donors (Lipinski definition) is 0. The van der Waals surface area contributed by atoms with E-state index in [1.165, 1.54) is 83.5 Å². The Kier molecular flexibility index (Phi) is 49.4. The third-order valence-electron chi connectivity index (χ3n) is 11.1. The van der Waals surface area contributed by atoms with Crippen molar-refractivity contribution in [3.05, 3.63) is 85.1 Å². The van der Waals surface area contributed by atoms with Gasteiger partial charge in [0.1, 0.15) is 13.2 Å². The van der Waals surface area contributed by atoms with E-state index in [0.717, 1.165) is 122 Å². The van der Waals surface area contributed by atoms with E-state index in [-0.39, 0.29) is 31.1 Å². The van der Waals surface area contributed by atoms with Gasteiger partial charge in [-0.3, -0.25) is 14.4 Å². The van der Waals surface area contributed by atoms with Crippen molar-refractivity contribution in [2.45, 2.75) is 252 Å². The molecule has 0 bridgehead atoms. The summed E-state index contributed by atoms with van der Waals surface area (Å²) in [5.74, 6) is -0.932. The first-order valence-corrected chi connectivity index (χ1v) is 26.6. The number of allylic oxidation sites excluding steroid dienone is 14. The molecular formula is C58H98O6. The van der Waals surface area contributed by atoms with Gasteiger partial charge < -0.3 is 14.2 Å². The van der Waals surface area contributed by atoms with Gasteiger partial charge in [-0.2, -0.15) is 0 Å². The predicted molar refractivity (Wildman–Crippen MR) is 274 cm³/mol. The van der Waals surface area contributed by atoms with E-state index in [2.05, 4.69) is 106 Å². The van der Waals surface area contributed by atoms with Crippen LogP contribution in [0.4, 0.5) is 0 Å². The van der Waals surface area contributed by atoms with Crippen molar-refractivity contribution in [3.8, 4) is 0 Å². The van der Waals surface area contributed by atoms with E-state index >= 15 is 0 Å². The smallest absolute Gasteiger partial charge is 0.306 e. The summed E-state index contributed by atoms with van der Waals surface area (Å²) < 4.78 is 16.8. The maximum absolute atomic E-state index is 12.8. The zero-order chi connectivity index (χ0) is 46.5. The van der Waals surface area contributed by atoms with Gasteiger partial charge in [0.05, 0.1) is 0 Å². The summed E-state index contributed by atoms with van der Waals surface area (Å²) in [6, 6.07) is 0. The van der Waals surface area contributed by atoms with Crippen molar-refractivity contribution in [2.24, 2.45) is 0 Å². The van der Waals surface area contributed by atoms with Crippen molar-refractivity contribution in [1.82, 2.24) is 0 Å². The molecule has 64 heavy (non-hydrogen) atoms. The number of carbonyl (C=O) groups is 3. The molecule has 0 spiro atoms. The Bertz CT molecular complexity index is 1250. The van der Waals surface area contributed by atoms with Crippen LogP contribution in [0.25, 0.3) is 0 Å². The van der Waals surface area contributed by atoms with Crippen LogP contribution in [0.15, 0.2) is 85.1 Å². The van der Waals surface area contributed by atoms with E-state index in [4.69, 9.17) is 14.2 Å². The van der Waals surface area contributed by atoms with Crippen LogP contribution in [0, 0.1) is 0 Å². The molecule has 0 fully saturated rings. The van der Waals surface area contributed by atoms with E-state index in [0.29, 0.717) is 19.3 Å². The molecular weight excluding hydrogens is 793 g/mol. The Hall–Kier alpha value is -3.41. The molecule has 0 saturated heterocycles. The standard InChI is InChI=1S/C58H98O6/c1-4-7-10-13-16-19-22-25-27-28-29-30-31-34-36-39-42-45-48-51-57(60)63-54-55(53-62-56(59)50-47-44-41-38-35-32-24-21-18-15-12-9-6-3)64-58(61)52-49-46-43-40-37-33-26-23-20-17-14-11-8-5-2/h7,9-10,12,16,18-19,21,25,27,29-30,32,35,55H,4-6,8,11,13-15,17,20,22-24,26,28,31,33-34,36-54H2,1-3H3/b10-7-,12-9-,19-16-,21-18-,27-25-,30-29-,35-32-. The van der Waals surface area contributed by atoms with Crippen molar-refractivity contribution in [1.29, 1.82) is 0 Å². The van der Waals surface area contributed by atoms with Crippen molar-refractivity contribution < 1.29 is 28.6 Å². The first kappa shape index (κ1) is 60.6. The molecule has 1 atom stereocenters. The summed E-state index contributed by atoms with van der Waals surface area (Å²) in [5.41, 5.74) is 0. The first-order chi connectivity index (χ1) is 31.5. The van der Waals surface area contributed by atoms with Gasteiger partial charge in [-0.05, 0) is 89.9 Å². The highest BCUT2D eigenvalue weighted by molar-refractivity contribution is 5.71. The Morgan fingerprint density at radius 1 is 0.328 bits per heavy atom. The van der Waals surface area contributed by atoms with Gasteiger partial charge in [0.2, 0.25) is 0 Å². The molecule has 0 radical (unpaired) electrons. The second-order valence-electron chi connectivity index (χ2n) is 17.4. The van der Waals surface area contributed by atoms with Crippen molar-refractivity contribution in [2.75, 3.05) is 13.2 Å². The number of unbranched alkanes of at least 4 members (excludes halogenated alkanes) is 22. The maximum Gasteiger partial charge on any atom is 0.306 e. The molecule has 0 N–H and O–H groups in total. The van der Waals surface area contributed by atoms with Crippen LogP contribution in [0.5, 0.6) is 0 Å². The highest BCUT2D eigenvalue weighted by Crippen LogP contribution is 2.15. The van der Waals surface area contributed by atoms with E-state index in [9.17, 15) is 14.4 Å². The molecule has 366 valence electrons. The van der Waals surface area contributed by atoms with E-state index in [1.807, 2.05) is 0 Å². The molecule has 0 aromatic rings. The molecule has 0 amide bonds. The molecule has 1 unspecified atom stereocenters. The van der Waals surface area contributed by atoms with Crippen LogP contribution < -0.4 is 0 Å². The molecule has 0 aliphatic heterocycles. The second kappa shape index (κ2) is 52.2. The lowest BCUT2D eigenvalue weighted by Crippen LogP contribution is -2.30. The molecule has 0 rings (SSSR count). The van der Waals surface area contributed by atoms with Gasteiger partial charge >= 0.3 is 17.9 Å². The third kappa shape index (κ3) is 49.6. The quantitative estimate of drug-likeness (QED) is 0.0262. The normalized spacial score (nSPS) is 12.7. The summed E-state index contributed by atoms with van der Waals surface area (Å²) in [6.45, 7) is 6.38. The van der Waals surface area contributed by atoms with Gasteiger partial charge in [-0.15, -0.1) is 0 Å². The van der Waals surface area contributed by atoms with Crippen LogP contribution in [0.3, 0.4) is 0 Å². The van der Waals surface area contributed by atoms with Crippen LogP contribution in [-0.4, -0.2) is 37.2 Å². The predicted octanol–water partition coefficient (Wildman–Crippen LogP) is 17.6. The minimum atomic E-state index is -0.793. The van der Waals surface area contributed by atoms with Gasteiger partial charge in [0.15, 0.2) is 6.10 Å². The first-order valence-electron chi connectivity index (χ1n) is 26.6. The highest BCUT2D eigenvalue weighted by Gasteiger charge is 2.19. The maximum atomic E-state index is 12.8. The fraction of sp³-hybridized carbons (Fsp3) is 0.707. The second-order valence-corrected chi connectivity index (χ2v) is 17.4. The molecule has 0 aromatic heterocycles. The molecule has 6 nitrogen and oxygen atoms in total. The molecule has 0 saturated carbocycles. The SMILES string of the molecule is CC/C=C\C/C=C\C/C=C\C/C=C\CCCCCCCCC(=O)OCC(COC(=O)CCCCC/C=C\C/C=C\C/C=C\CC)OC(=O)CCCCCCCCCCCCCCCC. The largest absolute Gasteiger partial charge is 0.462 e. The minimum Gasteiger partial charge on any atom is -0.462 e. The highest BCUT2D eigenvalue weighted by atomic mass is 16.6. The van der Waals surface area contributed by atoms with Crippen LogP contribution in [0.1, 0.15) is 245 Å². The number of ether oxygens (including phenoxy) is 3. The van der Waals surface area contributed by atoms with Crippen molar-refractivity contribution >= 4 is 17.9 Å². The van der Waals surface area contributed by atoms with Gasteiger partial charge in [0.25, 0.3) is 0 Å². The summed E-state index contributed by atoms with van der Waals surface area (Å²) in [5, 5.41) is 0. The monoisotopic (exact) mass is 891 g/mol. The number of esters is 3. The molecule has 0 heterocycles.